The minimum Gasteiger partial charge on any atom is -0.481 e. The van der Waals surface area contributed by atoms with Gasteiger partial charge in [-0.05, 0) is 26.8 Å². The van der Waals surface area contributed by atoms with Gasteiger partial charge in [-0.1, -0.05) is 0 Å². The molecule has 0 aliphatic heterocycles. The maximum atomic E-state index is 12.1. The van der Waals surface area contributed by atoms with Crippen LogP contribution in [0, 0.1) is 0 Å². The highest BCUT2D eigenvalue weighted by atomic mass is 19.3. The van der Waals surface area contributed by atoms with Crippen LogP contribution in [0.3, 0.4) is 0 Å². The molecule has 0 aliphatic rings. The first kappa shape index (κ1) is 13.3. The van der Waals surface area contributed by atoms with E-state index < -0.39 is 12.4 Å². The summed E-state index contributed by atoms with van der Waals surface area (Å²) in [5, 5.41) is 8.38. The van der Waals surface area contributed by atoms with Gasteiger partial charge < -0.3 is 5.11 Å². The Balaban J connectivity index is 3.79. The summed E-state index contributed by atoms with van der Waals surface area (Å²) in [6.45, 7) is 3.78. The Morgan fingerprint density at radius 2 is 2.00 bits per heavy atom. The van der Waals surface area contributed by atoms with Crippen molar-refractivity contribution in [3.05, 3.63) is 0 Å². The Labute approximate surface area is 82.7 Å². The average Bonchev–Trinajstić information content (AvgIpc) is 2.00. The van der Waals surface area contributed by atoms with Crippen molar-refractivity contribution in [3.63, 3.8) is 0 Å². The monoisotopic (exact) mass is 209 g/mol. The van der Waals surface area contributed by atoms with Crippen molar-refractivity contribution in [1.82, 2.24) is 4.90 Å². The van der Waals surface area contributed by atoms with Gasteiger partial charge in [-0.25, -0.2) is 8.78 Å². The van der Waals surface area contributed by atoms with Gasteiger partial charge >= 0.3 is 5.97 Å². The Morgan fingerprint density at radius 3 is 2.36 bits per heavy atom. The van der Waals surface area contributed by atoms with Crippen molar-refractivity contribution in [2.45, 2.75) is 39.2 Å². The first-order valence-electron chi connectivity index (χ1n) is 4.67. The molecule has 0 rings (SSSR count). The standard InChI is InChI=1S/C9H17F2NO2/c1-7(2)12(6-8(10)11)5-3-4-9(13)14/h7-8H,3-6H2,1-2H3,(H,13,14). The number of halogens is 2. The molecule has 3 nitrogen and oxygen atoms in total. The van der Waals surface area contributed by atoms with Gasteiger partial charge in [0.15, 0.2) is 0 Å². The molecule has 84 valence electrons. The molecule has 0 fully saturated rings. The fourth-order valence-corrected chi connectivity index (χ4v) is 1.17. The molecule has 0 saturated carbocycles. The van der Waals surface area contributed by atoms with Crippen molar-refractivity contribution < 1.29 is 18.7 Å². The van der Waals surface area contributed by atoms with Crippen molar-refractivity contribution in [2.24, 2.45) is 0 Å². The van der Waals surface area contributed by atoms with Crippen LogP contribution in [0.25, 0.3) is 0 Å². The number of rotatable bonds is 7. The number of carboxylic acid groups (broad SMARTS) is 1. The fourth-order valence-electron chi connectivity index (χ4n) is 1.17. The van der Waals surface area contributed by atoms with Gasteiger partial charge in [0.25, 0.3) is 6.43 Å². The van der Waals surface area contributed by atoms with Crippen LogP contribution in [-0.4, -0.2) is 41.5 Å². The van der Waals surface area contributed by atoms with Gasteiger partial charge in [-0.15, -0.1) is 0 Å². The van der Waals surface area contributed by atoms with Crippen LogP contribution >= 0.6 is 0 Å². The second-order valence-corrected chi connectivity index (χ2v) is 3.48. The predicted molar refractivity (Wildman–Crippen MR) is 49.6 cm³/mol. The summed E-state index contributed by atoms with van der Waals surface area (Å²) in [7, 11) is 0. The van der Waals surface area contributed by atoms with Crippen molar-refractivity contribution in [1.29, 1.82) is 0 Å². The van der Waals surface area contributed by atoms with E-state index in [2.05, 4.69) is 0 Å². The van der Waals surface area contributed by atoms with E-state index in [-0.39, 0.29) is 19.0 Å². The van der Waals surface area contributed by atoms with Crippen molar-refractivity contribution >= 4 is 5.97 Å². The lowest BCUT2D eigenvalue weighted by Crippen LogP contribution is -2.36. The molecule has 0 spiro atoms. The van der Waals surface area contributed by atoms with E-state index in [1.165, 1.54) is 0 Å². The van der Waals surface area contributed by atoms with Crippen LogP contribution in [0.2, 0.25) is 0 Å². The quantitative estimate of drug-likeness (QED) is 0.695. The number of alkyl halides is 2. The van der Waals surface area contributed by atoms with Crippen LogP contribution in [0.5, 0.6) is 0 Å². The van der Waals surface area contributed by atoms with Crippen LogP contribution in [0.1, 0.15) is 26.7 Å². The number of aliphatic carboxylic acids is 1. The zero-order valence-electron chi connectivity index (χ0n) is 8.54. The summed E-state index contributed by atoms with van der Waals surface area (Å²) in [5.74, 6) is -0.884. The van der Waals surface area contributed by atoms with Crippen LogP contribution in [-0.2, 0) is 4.79 Å². The number of carbonyl (C=O) groups is 1. The fraction of sp³-hybridized carbons (Fsp3) is 0.889. The molecule has 5 heteroatoms. The van der Waals surface area contributed by atoms with Crippen LogP contribution in [0.15, 0.2) is 0 Å². The summed E-state index contributed by atoms with van der Waals surface area (Å²) >= 11 is 0. The molecule has 0 aromatic heterocycles. The second-order valence-electron chi connectivity index (χ2n) is 3.48. The number of hydrogen-bond donors (Lipinski definition) is 1. The molecule has 0 bridgehead atoms. The van der Waals surface area contributed by atoms with E-state index in [0.717, 1.165) is 0 Å². The molecule has 0 saturated heterocycles. The average molecular weight is 209 g/mol. The molecule has 0 aliphatic carbocycles. The summed E-state index contributed by atoms with van der Waals surface area (Å²) in [6, 6.07) is 0.0257. The molecular weight excluding hydrogens is 192 g/mol. The number of nitrogens with zero attached hydrogens (tertiary/aromatic N) is 1. The zero-order chi connectivity index (χ0) is 11.1. The highest BCUT2D eigenvalue weighted by Crippen LogP contribution is 2.05. The maximum absolute atomic E-state index is 12.1. The van der Waals surface area contributed by atoms with Crippen molar-refractivity contribution in [3.8, 4) is 0 Å². The normalized spacial score (nSPS) is 11.6. The maximum Gasteiger partial charge on any atom is 0.303 e. The largest absolute Gasteiger partial charge is 0.481 e. The lowest BCUT2D eigenvalue weighted by molar-refractivity contribution is -0.137. The van der Waals surface area contributed by atoms with Gasteiger partial charge in [0, 0.05) is 12.5 Å². The number of hydrogen-bond acceptors (Lipinski definition) is 2. The summed E-state index contributed by atoms with van der Waals surface area (Å²) in [6.07, 6.45) is -1.91. The second kappa shape index (κ2) is 6.70. The van der Waals surface area contributed by atoms with E-state index >= 15 is 0 Å². The summed E-state index contributed by atoms with van der Waals surface area (Å²) in [4.78, 5) is 11.8. The lowest BCUT2D eigenvalue weighted by Gasteiger charge is -2.25. The minimum atomic E-state index is -2.36. The van der Waals surface area contributed by atoms with Crippen LogP contribution < -0.4 is 0 Å². The lowest BCUT2D eigenvalue weighted by atomic mass is 10.2. The first-order chi connectivity index (χ1) is 6.43. The van der Waals surface area contributed by atoms with Gasteiger partial charge in [0.2, 0.25) is 0 Å². The van der Waals surface area contributed by atoms with Crippen molar-refractivity contribution in [2.75, 3.05) is 13.1 Å². The Bertz CT molecular complexity index is 174. The smallest absolute Gasteiger partial charge is 0.303 e. The first-order valence-corrected chi connectivity index (χ1v) is 4.67. The molecule has 14 heavy (non-hydrogen) atoms. The van der Waals surface area contributed by atoms with E-state index in [9.17, 15) is 13.6 Å². The molecule has 1 N–H and O–H groups in total. The summed E-state index contributed by atoms with van der Waals surface area (Å²) in [5.41, 5.74) is 0. The topological polar surface area (TPSA) is 40.5 Å². The number of carboxylic acids is 1. The molecular formula is C9H17F2NO2. The summed E-state index contributed by atoms with van der Waals surface area (Å²) < 4.78 is 24.1. The Kier molecular flexibility index (Phi) is 6.36. The third-order valence-electron chi connectivity index (χ3n) is 1.94. The molecule has 0 aromatic rings. The highest BCUT2D eigenvalue weighted by molar-refractivity contribution is 5.66. The molecule has 0 atom stereocenters. The van der Waals surface area contributed by atoms with E-state index in [1.54, 1.807) is 4.90 Å². The van der Waals surface area contributed by atoms with Gasteiger partial charge in [0.1, 0.15) is 0 Å². The molecule has 0 amide bonds. The van der Waals surface area contributed by atoms with E-state index in [0.29, 0.717) is 13.0 Å². The van der Waals surface area contributed by atoms with Gasteiger partial charge in [0.05, 0.1) is 6.54 Å². The van der Waals surface area contributed by atoms with Gasteiger partial charge in [-0.2, -0.15) is 0 Å². The Hall–Kier alpha value is -0.710. The molecule has 0 aromatic carbocycles. The molecule has 0 heterocycles. The predicted octanol–water partition coefficient (Wildman–Crippen LogP) is 1.83. The highest BCUT2D eigenvalue weighted by Gasteiger charge is 2.14. The third-order valence-corrected chi connectivity index (χ3v) is 1.94. The van der Waals surface area contributed by atoms with Crippen LogP contribution in [0.4, 0.5) is 8.78 Å². The minimum absolute atomic E-state index is 0.0257. The Morgan fingerprint density at radius 1 is 1.43 bits per heavy atom. The third kappa shape index (κ3) is 6.77. The molecule has 0 unspecified atom stereocenters. The van der Waals surface area contributed by atoms with E-state index in [4.69, 9.17) is 5.11 Å². The molecule has 0 radical (unpaired) electrons. The van der Waals surface area contributed by atoms with E-state index in [1.807, 2.05) is 13.8 Å². The SMILES string of the molecule is CC(C)N(CCCC(=O)O)CC(F)F. The zero-order valence-corrected chi connectivity index (χ0v) is 8.54. The van der Waals surface area contributed by atoms with Gasteiger partial charge in [-0.3, -0.25) is 9.69 Å².